The minimum absolute atomic E-state index is 0.134. The van der Waals surface area contributed by atoms with Gasteiger partial charge in [-0.25, -0.2) is 15.0 Å². The Bertz CT molecular complexity index is 1470. The molecule has 4 N–H and O–H groups in total. The molecule has 3 aromatic rings. The number of anilines is 1. The molecule has 2 aliphatic heterocycles. The smallest absolute Gasteiger partial charge is 0.243 e. The van der Waals surface area contributed by atoms with Crippen LogP contribution in [0, 0.1) is 18.3 Å². The van der Waals surface area contributed by atoms with Crippen molar-refractivity contribution in [1.82, 2.24) is 30.2 Å². The van der Waals surface area contributed by atoms with Crippen LogP contribution in [0.2, 0.25) is 0 Å². The van der Waals surface area contributed by atoms with Gasteiger partial charge in [0.25, 0.3) is 0 Å². The fourth-order valence-electron chi connectivity index (χ4n) is 4.97. The van der Waals surface area contributed by atoms with Gasteiger partial charge in [0.1, 0.15) is 36.9 Å². The van der Waals surface area contributed by atoms with Crippen LogP contribution >= 0.6 is 21.6 Å². The van der Waals surface area contributed by atoms with Gasteiger partial charge in [-0.3, -0.25) is 14.2 Å². The first kappa shape index (κ1) is 30.9. The number of terminal acetylenes is 1. The molecule has 228 valence electrons. The molecule has 0 bridgehead atoms. The lowest BCUT2D eigenvalue weighted by atomic mass is 10.0. The summed E-state index contributed by atoms with van der Waals surface area (Å²) in [6, 6.07) is 5.16. The molecular formula is C28H33N7O6S2. The van der Waals surface area contributed by atoms with E-state index in [0.717, 1.165) is 5.56 Å². The molecule has 0 saturated carbocycles. The lowest BCUT2D eigenvalue weighted by molar-refractivity contribution is -0.131. The van der Waals surface area contributed by atoms with Crippen LogP contribution < -0.4 is 20.3 Å². The van der Waals surface area contributed by atoms with Gasteiger partial charge in [0.05, 0.1) is 24.9 Å². The van der Waals surface area contributed by atoms with Crippen molar-refractivity contribution in [2.24, 2.45) is 5.92 Å². The molecule has 15 heteroatoms. The van der Waals surface area contributed by atoms with Crippen molar-refractivity contribution in [1.29, 1.82) is 0 Å². The van der Waals surface area contributed by atoms with E-state index in [9.17, 15) is 19.8 Å². The summed E-state index contributed by atoms with van der Waals surface area (Å²) in [4.78, 5) is 41.6. The molecular weight excluding hydrogens is 594 g/mol. The maximum Gasteiger partial charge on any atom is 0.243 e. The first-order chi connectivity index (χ1) is 20.8. The van der Waals surface area contributed by atoms with E-state index in [1.54, 1.807) is 55.3 Å². The summed E-state index contributed by atoms with van der Waals surface area (Å²) >= 11 is 0. The number of fused-ring (bicyclic) bond motifs is 1. The van der Waals surface area contributed by atoms with E-state index < -0.39 is 43.0 Å². The first-order valence-corrected chi connectivity index (χ1v) is 16.1. The van der Waals surface area contributed by atoms with Crippen LogP contribution in [0.25, 0.3) is 11.2 Å². The molecule has 43 heavy (non-hydrogen) atoms. The lowest BCUT2D eigenvalue weighted by Crippen LogP contribution is -2.56. The Morgan fingerprint density at radius 2 is 1.98 bits per heavy atom. The standard InChI is InChI=1S/C28H33N7O6S2/c1-4-9-40-18-7-5-16(6-8-18)10-19(32-26(38)17-12-42-43-13-17)27(39)33-21-20(11-36)41-28(23(21)37)35-15-31-22-24(34(2)3)29-14-30-25(22)35/h1,5-8,14-15,17,19-21,23,28,36-37H,9-13H2,2-3H3,(H,32,38)(H,33,39)/t19-,20+,21+,23+,28+/m0/s1. The van der Waals surface area contributed by atoms with Crippen LogP contribution in [0.15, 0.2) is 36.9 Å². The number of hydrogen-bond donors (Lipinski definition) is 4. The number of benzene rings is 1. The van der Waals surface area contributed by atoms with Crippen LogP contribution in [0.1, 0.15) is 11.8 Å². The SMILES string of the molecule is C#CCOc1ccc(C[C@H](NC(=O)C2CSSC2)C(=O)N[C@H]2[C@@H](O)[C@H](n3cnc4c(N(C)C)ncnc43)O[C@@H]2CO)cc1. The second-order valence-electron chi connectivity index (χ2n) is 10.4. The minimum Gasteiger partial charge on any atom is -0.481 e. The highest BCUT2D eigenvalue weighted by Gasteiger charge is 2.46. The number of nitrogens with zero attached hydrogens (tertiary/aromatic N) is 5. The summed E-state index contributed by atoms with van der Waals surface area (Å²) in [6.07, 6.45) is 5.14. The minimum atomic E-state index is -1.26. The van der Waals surface area contributed by atoms with E-state index in [0.29, 0.717) is 34.2 Å². The van der Waals surface area contributed by atoms with Gasteiger partial charge in [-0.1, -0.05) is 39.6 Å². The first-order valence-electron chi connectivity index (χ1n) is 13.6. The van der Waals surface area contributed by atoms with E-state index >= 15 is 0 Å². The molecule has 4 heterocycles. The largest absolute Gasteiger partial charge is 0.481 e. The van der Waals surface area contributed by atoms with Crippen molar-refractivity contribution < 1.29 is 29.3 Å². The predicted octanol–water partition coefficient (Wildman–Crippen LogP) is 0.378. The number of hydrogen-bond acceptors (Lipinski definition) is 12. The van der Waals surface area contributed by atoms with Crippen molar-refractivity contribution in [2.75, 3.05) is 43.7 Å². The van der Waals surface area contributed by atoms with Crippen LogP contribution in [0.5, 0.6) is 5.75 Å². The quantitative estimate of drug-likeness (QED) is 0.171. The van der Waals surface area contributed by atoms with Gasteiger partial charge in [-0.05, 0) is 17.7 Å². The van der Waals surface area contributed by atoms with Gasteiger partial charge >= 0.3 is 0 Å². The van der Waals surface area contributed by atoms with E-state index in [-0.39, 0.29) is 24.9 Å². The van der Waals surface area contributed by atoms with Gasteiger partial charge in [0.15, 0.2) is 23.2 Å². The molecule has 2 fully saturated rings. The zero-order valence-corrected chi connectivity index (χ0v) is 25.3. The third-order valence-electron chi connectivity index (χ3n) is 7.21. The highest BCUT2D eigenvalue weighted by Crippen LogP contribution is 2.35. The lowest BCUT2D eigenvalue weighted by Gasteiger charge is -2.25. The van der Waals surface area contributed by atoms with Gasteiger partial charge < -0.3 is 35.2 Å². The molecule has 0 spiro atoms. The zero-order valence-electron chi connectivity index (χ0n) is 23.6. The number of carbonyl (C=O) groups excluding carboxylic acids is 2. The molecule has 2 amide bonds. The molecule has 1 aromatic carbocycles. The third kappa shape index (κ3) is 6.84. The summed E-state index contributed by atoms with van der Waals surface area (Å²) in [5.41, 5.74) is 1.72. The van der Waals surface area contributed by atoms with Crippen molar-refractivity contribution in [3.63, 3.8) is 0 Å². The molecule has 5 atom stereocenters. The molecule has 0 radical (unpaired) electrons. The van der Waals surface area contributed by atoms with Crippen molar-refractivity contribution in [3.8, 4) is 18.1 Å². The monoisotopic (exact) mass is 627 g/mol. The highest BCUT2D eigenvalue weighted by atomic mass is 33.1. The molecule has 2 aliphatic rings. The maximum atomic E-state index is 13.7. The Morgan fingerprint density at radius 1 is 1.23 bits per heavy atom. The van der Waals surface area contributed by atoms with Crippen LogP contribution in [-0.4, -0.2) is 105 Å². The van der Waals surface area contributed by atoms with Gasteiger partial charge in [0.2, 0.25) is 11.8 Å². The molecule has 0 unspecified atom stereocenters. The number of aromatic nitrogens is 4. The zero-order chi connectivity index (χ0) is 30.5. The Hall–Kier alpha value is -3.55. The van der Waals surface area contributed by atoms with Crippen LogP contribution in [0.3, 0.4) is 0 Å². The third-order valence-corrected chi connectivity index (χ3v) is 9.77. The van der Waals surface area contributed by atoms with Gasteiger partial charge in [-0.2, -0.15) is 0 Å². The van der Waals surface area contributed by atoms with Crippen molar-refractivity contribution in [2.45, 2.75) is 36.9 Å². The molecule has 2 aromatic heterocycles. The van der Waals surface area contributed by atoms with E-state index in [2.05, 4.69) is 31.5 Å². The van der Waals surface area contributed by atoms with E-state index in [1.807, 2.05) is 14.1 Å². The number of imidazole rings is 1. The summed E-state index contributed by atoms with van der Waals surface area (Å²) in [6.45, 7) is -0.328. The Kier molecular flexibility index (Phi) is 9.93. The molecule has 5 rings (SSSR count). The average molecular weight is 628 g/mol. The number of aliphatic hydroxyl groups excluding tert-OH is 2. The Morgan fingerprint density at radius 3 is 2.65 bits per heavy atom. The maximum absolute atomic E-state index is 13.7. The highest BCUT2D eigenvalue weighted by molar-refractivity contribution is 8.77. The molecule has 2 saturated heterocycles. The van der Waals surface area contributed by atoms with Gasteiger partial charge in [0, 0.05) is 32.0 Å². The van der Waals surface area contributed by atoms with E-state index in [1.165, 1.54) is 12.7 Å². The summed E-state index contributed by atoms with van der Waals surface area (Å²) in [7, 11) is 6.90. The predicted molar refractivity (Wildman–Crippen MR) is 163 cm³/mol. The fraction of sp³-hybridized carbons (Fsp3) is 0.464. The number of amides is 2. The fourth-order valence-corrected chi connectivity index (χ4v) is 7.74. The topological polar surface area (TPSA) is 164 Å². The van der Waals surface area contributed by atoms with Crippen LogP contribution in [-0.2, 0) is 20.7 Å². The van der Waals surface area contributed by atoms with Crippen molar-refractivity contribution in [3.05, 3.63) is 42.5 Å². The van der Waals surface area contributed by atoms with Gasteiger partial charge in [-0.15, -0.1) is 6.42 Å². The number of rotatable bonds is 11. The number of nitrogens with one attached hydrogen (secondary N) is 2. The second-order valence-corrected chi connectivity index (χ2v) is 12.9. The number of ether oxygens (including phenoxy) is 2. The molecule has 13 nitrogen and oxygen atoms in total. The summed E-state index contributed by atoms with van der Waals surface area (Å²) < 4.78 is 13.0. The Labute approximate surface area is 256 Å². The average Bonchev–Trinajstić information content (AvgIpc) is 3.76. The molecule has 0 aliphatic carbocycles. The summed E-state index contributed by atoms with van der Waals surface area (Å²) in [5.74, 6) is 3.96. The summed E-state index contributed by atoms with van der Waals surface area (Å²) in [5, 5.41) is 27.2. The second kappa shape index (κ2) is 13.8. The Balaban J connectivity index is 1.35. The normalized spacial score (nSPS) is 22.7. The van der Waals surface area contributed by atoms with Crippen LogP contribution in [0.4, 0.5) is 5.82 Å². The number of carbonyl (C=O) groups is 2. The van der Waals surface area contributed by atoms with E-state index in [4.69, 9.17) is 15.9 Å². The van der Waals surface area contributed by atoms with Crippen molar-refractivity contribution >= 4 is 50.4 Å². The number of aliphatic hydroxyl groups is 2.